The zero-order chi connectivity index (χ0) is 9.80. The molecule has 0 radical (unpaired) electrons. The lowest BCUT2D eigenvalue weighted by Gasteiger charge is -2.39. The van der Waals surface area contributed by atoms with Gasteiger partial charge < -0.3 is 10.1 Å². The maximum atomic E-state index is 5.51. The van der Waals surface area contributed by atoms with Crippen LogP contribution in [0.5, 0.6) is 0 Å². The van der Waals surface area contributed by atoms with Crippen molar-refractivity contribution in [1.82, 2.24) is 10.2 Å². The van der Waals surface area contributed by atoms with Crippen LogP contribution in [0, 0.1) is 0 Å². The topological polar surface area (TPSA) is 24.5 Å². The number of hydrogen-bond donors (Lipinski definition) is 1. The molecule has 0 aromatic heterocycles. The van der Waals surface area contributed by atoms with E-state index in [1.165, 1.54) is 25.8 Å². The van der Waals surface area contributed by atoms with Crippen LogP contribution in [0.3, 0.4) is 0 Å². The Labute approximate surface area is 86.8 Å². The van der Waals surface area contributed by atoms with Gasteiger partial charge in [0.1, 0.15) is 0 Å². The Morgan fingerprint density at radius 1 is 1.29 bits per heavy atom. The van der Waals surface area contributed by atoms with Crippen LogP contribution in [0.1, 0.15) is 26.2 Å². The zero-order valence-corrected chi connectivity index (χ0v) is 9.17. The Morgan fingerprint density at radius 2 is 2.21 bits per heavy atom. The van der Waals surface area contributed by atoms with Crippen LogP contribution in [0.2, 0.25) is 0 Å². The summed E-state index contributed by atoms with van der Waals surface area (Å²) in [6, 6.07) is 1.47. The molecule has 0 bridgehead atoms. The Morgan fingerprint density at radius 3 is 3.07 bits per heavy atom. The van der Waals surface area contributed by atoms with Gasteiger partial charge >= 0.3 is 0 Å². The van der Waals surface area contributed by atoms with E-state index < -0.39 is 0 Å². The van der Waals surface area contributed by atoms with Gasteiger partial charge in [-0.25, -0.2) is 0 Å². The van der Waals surface area contributed by atoms with E-state index in [2.05, 4.69) is 17.1 Å². The first kappa shape index (κ1) is 10.4. The number of nitrogens with one attached hydrogen (secondary N) is 1. The van der Waals surface area contributed by atoms with Gasteiger partial charge in [0, 0.05) is 44.9 Å². The van der Waals surface area contributed by atoms with Gasteiger partial charge in [-0.05, 0) is 26.2 Å². The highest BCUT2D eigenvalue weighted by atomic mass is 16.5. The molecule has 0 amide bonds. The van der Waals surface area contributed by atoms with Crippen molar-refractivity contribution in [3.8, 4) is 0 Å². The maximum Gasteiger partial charge on any atom is 0.0480 e. The van der Waals surface area contributed by atoms with Gasteiger partial charge in [-0.2, -0.15) is 0 Å². The summed E-state index contributed by atoms with van der Waals surface area (Å²) in [4.78, 5) is 2.67. The molecule has 2 aliphatic heterocycles. The summed E-state index contributed by atoms with van der Waals surface area (Å²) in [5.41, 5.74) is 0. The van der Waals surface area contributed by atoms with Crippen LogP contribution < -0.4 is 5.32 Å². The average Bonchev–Trinajstić information content (AvgIpc) is 2.47. The highest BCUT2D eigenvalue weighted by molar-refractivity contribution is 4.83. The van der Waals surface area contributed by atoms with Crippen LogP contribution in [0.15, 0.2) is 0 Å². The lowest BCUT2D eigenvalue weighted by atomic mass is 10.0. The van der Waals surface area contributed by atoms with Crippen molar-refractivity contribution in [3.63, 3.8) is 0 Å². The van der Waals surface area contributed by atoms with Crippen LogP contribution in [0.25, 0.3) is 0 Å². The summed E-state index contributed by atoms with van der Waals surface area (Å²) in [5.74, 6) is 0. The van der Waals surface area contributed by atoms with Crippen LogP contribution in [-0.2, 0) is 4.74 Å². The number of rotatable bonds is 1. The fraction of sp³-hybridized carbons (Fsp3) is 1.00. The largest absolute Gasteiger partial charge is 0.381 e. The summed E-state index contributed by atoms with van der Waals surface area (Å²) < 4.78 is 5.51. The molecule has 0 aromatic rings. The number of ether oxygens (including phenoxy) is 1. The van der Waals surface area contributed by atoms with E-state index in [0.717, 1.165) is 32.3 Å². The molecule has 2 rings (SSSR count). The first-order valence-corrected chi connectivity index (χ1v) is 5.92. The van der Waals surface area contributed by atoms with Gasteiger partial charge in [0.25, 0.3) is 0 Å². The maximum absolute atomic E-state index is 5.51. The molecule has 0 saturated carbocycles. The lowest BCUT2D eigenvalue weighted by molar-refractivity contribution is 0.0941. The Hall–Kier alpha value is -0.120. The second-order valence-electron chi connectivity index (χ2n) is 4.49. The predicted molar refractivity (Wildman–Crippen MR) is 57.5 cm³/mol. The predicted octanol–water partition coefficient (Wildman–Crippen LogP) is 0.849. The molecule has 0 aromatic carbocycles. The van der Waals surface area contributed by atoms with Crippen molar-refractivity contribution >= 4 is 0 Å². The van der Waals surface area contributed by atoms with Crippen molar-refractivity contribution < 1.29 is 4.74 Å². The molecule has 2 heterocycles. The number of nitrogens with zero attached hydrogens (tertiary/aromatic N) is 1. The molecule has 0 spiro atoms. The Balaban J connectivity index is 1.90. The normalized spacial score (nSPS) is 36.6. The third-order valence-corrected chi connectivity index (χ3v) is 3.44. The molecule has 14 heavy (non-hydrogen) atoms. The van der Waals surface area contributed by atoms with Gasteiger partial charge in [0.2, 0.25) is 0 Å². The molecule has 1 N–H and O–H groups in total. The summed E-state index contributed by atoms with van der Waals surface area (Å²) in [6.45, 7) is 7.78. The molecule has 1 unspecified atom stereocenters. The Bertz CT molecular complexity index is 167. The van der Waals surface area contributed by atoms with E-state index in [1.807, 2.05) is 0 Å². The zero-order valence-electron chi connectivity index (χ0n) is 9.17. The summed E-state index contributed by atoms with van der Waals surface area (Å²) >= 11 is 0. The number of hydrogen-bond acceptors (Lipinski definition) is 3. The first-order valence-electron chi connectivity index (χ1n) is 5.92. The van der Waals surface area contributed by atoms with E-state index in [1.54, 1.807) is 0 Å². The molecule has 2 aliphatic rings. The van der Waals surface area contributed by atoms with E-state index in [-0.39, 0.29) is 0 Å². The lowest BCUT2D eigenvalue weighted by Crippen LogP contribution is -2.53. The monoisotopic (exact) mass is 198 g/mol. The smallest absolute Gasteiger partial charge is 0.0480 e. The summed E-state index contributed by atoms with van der Waals surface area (Å²) in [7, 11) is 0. The number of piperazine rings is 1. The van der Waals surface area contributed by atoms with Gasteiger partial charge in [-0.3, -0.25) is 4.90 Å². The second kappa shape index (κ2) is 5.10. The van der Waals surface area contributed by atoms with Gasteiger partial charge in [0.15, 0.2) is 0 Å². The quantitative estimate of drug-likeness (QED) is 0.676. The third-order valence-electron chi connectivity index (χ3n) is 3.44. The molecular formula is C11H22N2O. The van der Waals surface area contributed by atoms with E-state index in [4.69, 9.17) is 4.74 Å². The average molecular weight is 198 g/mol. The fourth-order valence-corrected chi connectivity index (χ4v) is 2.62. The molecule has 2 fully saturated rings. The Kier molecular flexibility index (Phi) is 3.79. The molecule has 2 saturated heterocycles. The summed E-state index contributed by atoms with van der Waals surface area (Å²) in [6.07, 6.45) is 3.79. The fourth-order valence-electron chi connectivity index (χ4n) is 2.62. The minimum absolute atomic E-state index is 0.701. The van der Waals surface area contributed by atoms with Crippen molar-refractivity contribution in [2.45, 2.75) is 38.3 Å². The molecule has 2 atom stereocenters. The highest BCUT2D eigenvalue weighted by Crippen LogP contribution is 2.18. The minimum atomic E-state index is 0.701. The summed E-state index contributed by atoms with van der Waals surface area (Å²) in [5, 5.41) is 3.45. The molecule has 3 heteroatoms. The minimum Gasteiger partial charge on any atom is -0.381 e. The van der Waals surface area contributed by atoms with Gasteiger partial charge in [-0.1, -0.05) is 0 Å². The molecular weight excluding hydrogens is 176 g/mol. The molecule has 82 valence electrons. The first-order chi connectivity index (χ1) is 6.88. The standard InChI is InChI=1S/C11H22N2O/c1-10-9-12-5-6-13(10)11-3-2-7-14-8-4-11/h10-12H,2-9H2,1H3/t10-,11?/m1/s1. The van der Waals surface area contributed by atoms with Crippen LogP contribution >= 0.6 is 0 Å². The second-order valence-corrected chi connectivity index (χ2v) is 4.49. The van der Waals surface area contributed by atoms with Crippen LogP contribution in [-0.4, -0.2) is 49.8 Å². The SMILES string of the molecule is C[C@@H]1CNCCN1C1CCCOCC1. The molecule has 0 aliphatic carbocycles. The van der Waals surface area contributed by atoms with Crippen LogP contribution in [0.4, 0.5) is 0 Å². The van der Waals surface area contributed by atoms with Gasteiger partial charge in [0.05, 0.1) is 0 Å². The van der Waals surface area contributed by atoms with Crippen molar-refractivity contribution in [1.29, 1.82) is 0 Å². The van der Waals surface area contributed by atoms with E-state index in [0.29, 0.717) is 6.04 Å². The third kappa shape index (κ3) is 2.47. The van der Waals surface area contributed by atoms with E-state index >= 15 is 0 Å². The van der Waals surface area contributed by atoms with Crippen molar-refractivity contribution in [2.24, 2.45) is 0 Å². The highest BCUT2D eigenvalue weighted by Gasteiger charge is 2.26. The molecule has 3 nitrogen and oxygen atoms in total. The van der Waals surface area contributed by atoms with E-state index in [9.17, 15) is 0 Å². The van der Waals surface area contributed by atoms with Crippen molar-refractivity contribution in [2.75, 3.05) is 32.8 Å². The van der Waals surface area contributed by atoms with Gasteiger partial charge in [-0.15, -0.1) is 0 Å². The van der Waals surface area contributed by atoms with Crippen molar-refractivity contribution in [3.05, 3.63) is 0 Å².